The van der Waals surface area contributed by atoms with Gasteiger partial charge in [0.05, 0.1) is 11.8 Å². The molecule has 0 radical (unpaired) electrons. The van der Waals surface area contributed by atoms with Crippen LogP contribution in [0.25, 0.3) is 0 Å². The molecule has 1 saturated carbocycles. The fourth-order valence-electron chi connectivity index (χ4n) is 2.51. The van der Waals surface area contributed by atoms with E-state index in [1.165, 1.54) is 0 Å². The van der Waals surface area contributed by atoms with Gasteiger partial charge in [0.25, 0.3) is 0 Å². The van der Waals surface area contributed by atoms with Gasteiger partial charge < -0.3 is 15.5 Å². The van der Waals surface area contributed by atoms with E-state index in [0.717, 1.165) is 12.8 Å². The van der Waals surface area contributed by atoms with Crippen LogP contribution in [0.3, 0.4) is 0 Å². The summed E-state index contributed by atoms with van der Waals surface area (Å²) in [6.07, 6.45) is 2.59. The molecule has 1 aliphatic rings. The lowest BCUT2D eigenvalue weighted by atomic mass is 9.78. The summed E-state index contributed by atoms with van der Waals surface area (Å²) in [5.41, 5.74) is 0. The number of nitrogens with one attached hydrogen (secondary N) is 1. The molecule has 19 heavy (non-hydrogen) atoms. The van der Waals surface area contributed by atoms with Gasteiger partial charge in [0.15, 0.2) is 0 Å². The van der Waals surface area contributed by atoms with Crippen LogP contribution in [0.4, 0.5) is 0 Å². The van der Waals surface area contributed by atoms with E-state index in [9.17, 15) is 14.4 Å². The molecule has 0 heterocycles. The van der Waals surface area contributed by atoms with E-state index >= 15 is 0 Å². The van der Waals surface area contributed by atoms with Gasteiger partial charge in [-0.1, -0.05) is 26.7 Å². The molecule has 6 nitrogen and oxygen atoms in total. The van der Waals surface area contributed by atoms with Crippen molar-refractivity contribution >= 4 is 17.8 Å². The zero-order valence-corrected chi connectivity index (χ0v) is 11.3. The zero-order chi connectivity index (χ0) is 14.6. The first kappa shape index (κ1) is 15.5. The number of rotatable bonds is 5. The first-order chi connectivity index (χ1) is 8.84. The number of carboxylic acids is 2. The third-order valence-corrected chi connectivity index (χ3v) is 3.65. The number of amides is 1. The van der Waals surface area contributed by atoms with E-state index in [2.05, 4.69) is 5.32 Å². The van der Waals surface area contributed by atoms with Crippen LogP contribution in [-0.4, -0.2) is 34.1 Å². The van der Waals surface area contributed by atoms with Crippen molar-refractivity contribution in [3.05, 3.63) is 0 Å². The fourth-order valence-corrected chi connectivity index (χ4v) is 2.51. The number of carbonyl (C=O) groups is 3. The van der Waals surface area contributed by atoms with Crippen molar-refractivity contribution in [3.63, 3.8) is 0 Å². The van der Waals surface area contributed by atoms with Crippen LogP contribution in [0, 0.1) is 17.8 Å². The van der Waals surface area contributed by atoms with Crippen LogP contribution >= 0.6 is 0 Å². The van der Waals surface area contributed by atoms with Gasteiger partial charge in [0.1, 0.15) is 6.04 Å². The molecule has 1 fully saturated rings. The van der Waals surface area contributed by atoms with Crippen molar-refractivity contribution in [1.29, 1.82) is 0 Å². The van der Waals surface area contributed by atoms with Gasteiger partial charge in [-0.2, -0.15) is 0 Å². The maximum absolute atomic E-state index is 12.1. The van der Waals surface area contributed by atoms with Crippen LogP contribution in [0.5, 0.6) is 0 Å². The molecule has 0 spiro atoms. The number of carbonyl (C=O) groups excluding carboxylic acids is 1. The molecule has 0 saturated heterocycles. The van der Waals surface area contributed by atoms with Gasteiger partial charge in [-0.15, -0.1) is 0 Å². The molecule has 0 aromatic rings. The summed E-state index contributed by atoms with van der Waals surface area (Å²) in [6, 6.07) is -0.969. The van der Waals surface area contributed by atoms with E-state index in [1.54, 1.807) is 13.8 Å². The SMILES string of the molecule is CC(C)C(NC(=O)[C@@H]1CCCC[C@@H]1C(=O)O)C(=O)O. The van der Waals surface area contributed by atoms with Crippen LogP contribution < -0.4 is 5.32 Å². The van der Waals surface area contributed by atoms with Gasteiger partial charge in [-0.25, -0.2) is 4.79 Å². The lowest BCUT2D eigenvalue weighted by Crippen LogP contribution is -2.49. The summed E-state index contributed by atoms with van der Waals surface area (Å²) in [6.45, 7) is 3.41. The summed E-state index contributed by atoms with van der Waals surface area (Å²) < 4.78 is 0. The van der Waals surface area contributed by atoms with E-state index in [1.807, 2.05) is 0 Å². The van der Waals surface area contributed by atoms with Gasteiger partial charge in [0, 0.05) is 0 Å². The Labute approximate surface area is 112 Å². The summed E-state index contributed by atoms with van der Waals surface area (Å²) >= 11 is 0. The molecular weight excluding hydrogens is 250 g/mol. The van der Waals surface area contributed by atoms with Gasteiger partial charge >= 0.3 is 11.9 Å². The van der Waals surface area contributed by atoms with Gasteiger partial charge in [-0.3, -0.25) is 9.59 Å². The first-order valence-corrected chi connectivity index (χ1v) is 6.60. The highest BCUT2D eigenvalue weighted by Crippen LogP contribution is 2.30. The molecule has 6 heteroatoms. The van der Waals surface area contributed by atoms with E-state index in [-0.39, 0.29) is 5.92 Å². The molecule has 0 aliphatic heterocycles. The van der Waals surface area contributed by atoms with Gasteiger partial charge in [0.2, 0.25) is 5.91 Å². The molecule has 108 valence electrons. The largest absolute Gasteiger partial charge is 0.481 e. The number of carboxylic acid groups (broad SMARTS) is 2. The van der Waals surface area contributed by atoms with Crippen molar-refractivity contribution in [1.82, 2.24) is 5.32 Å². The molecule has 1 unspecified atom stereocenters. The smallest absolute Gasteiger partial charge is 0.326 e. The van der Waals surface area contributed by atoms with Crippen molar-refractivity contribution in [2.75, 3.05) is 0 Å². The molecule has 1 amide bonds. The second-order valence-electron chi connectivity index (χ2n) is 5.40. The van der Waals surface area contributed by atoms with Crippen molar-refractivity contribution in [2.45, 2.75) is 45.6 Å². The predicted molar refractivity (Wildman–Crippen MR) is 67.5 cm³/mol. The average Bonchev–Trinajstić information content (AvgIpc) is 2.34. The van der Waals surface area contributed by atoms with Crippen LogP contribution in [0.1, 0.15) is 39.5 Å². The fraction of sp³-hybridized carbons (Fsp3) is 0.769. The van der Waals surface area contributed by atoms with Crippen molar-refractivity contribution in [2.24, 2.45) is 17.8 Å². The molecular formula is C13H21NO5. The maximum Gasteiger partial charge on any atom is 0.326 e. The Bertz CT molecular complexity index is 366. The molecule has 0 bridgehead atoms. The number of hydrogen-bond acceptors (Lipinski definition) is 3. The normalized spacial score (nSPS) is 24.8. The third-order valence-electron chi connectivity index (χ3n) is 3.65. The van der Waals surface area contributed by atoms with Gasteiger partial charge in [-0.05, 0) is 18.8 Å². The average molecular weight is 271 g/mol. The van der Waals surface area contributed by atoms with Crippen LogP contribution in [0.15, 0.2) is 0 Å². The van der Waals surface area contributed by atoms with E-state index < -0.39 is 35.7 Å². The quantitative estimate of drug-likeness (QED) is 0.694. The van der Waals surface area contributed by atoms with Crippen molar-refractivity contribution < 1.29 is 24.6 Å². The first-order valence-electron chi connectivity index (χ1n) is 6.60. The highest BCUT2D eigenvalue weighted by molar-refractivity contribution is 5.88. The molecule has 1 rings (SSSR count). The standard InChI is InChI=1S/C13H21NO5/c1-7(2)10(13(18)19)14-11(15)8-5-3-4-6-9(8)12(16)17/h7-10H,3-6H2,1-2H3,(H,14,15)(H,16,17)(H,18,19)/t8-,9+,10?/m1/s1. The number of hydrogen-bond donors (Lipinski definition) is 3. The Balaban J connectivity index is 2.74. The van der Waals surface area contributed by atoms with E-state index in [4.69, 9.17) is 10.2 Å². The zero-order valence-electron chi connectivity index (χ0n) is 11.3. The Morgan fingerprint density at radius 1 is 1.05 bits per heavy atom. The molecule has 1 aliphatic carbocycles. The minimum atomic E-state index is -1.09. The van der Waals surface area contributed by atoms with Crippen molar-refractivity contribution in [3.8, 4) is 0 Å². The lowest BCUT2D eigenvalue weighted by Gasteiger charge is -2.29. The second-order valence-corrected chi connectivity index (χ2v) is 5.40. The second kappa shape index (κ2) is 6.54. The Hall–Kier alpha value is -1.59. The molecule has 3 N–H and O–H groups in total. The summed E-state index contributed by atoms with van der Waals surface area (Å²) in [4.78, 5) is 34.3. The third kappa shape index (κ3) is 3.94. The van der Waals surface area contributed by atoms with Crippen LogP contribution in [0.2, 0.25) is 0 Å². The summed E-state index contributed by atoms with van der Waals surface area (Å²) in [5, 5.41) is 20.6. The highest BCUT2D eigenvalue weighted by atomic mass is 16.4. The van der Waals surface area contributed by atoms with Crippen LogP contribution in [-0.2, 0) is 14.4 Å². The Morgan fingerprint density at radius 3 is 2.00 bits per heavy atom. The molecule has 0 aromatic heterocycles. The predicted octanol–water partition coefficient (Wildman–Crippen LogP) is 1.10. The maximum atomic E-state index is 12.1. The number of aliphatic carboxylic acids is 2. The molecule has 0 aromatic carbocycles. The van der Waals surface area contributed by atoms with E-state index in [0.29, 0.717) is 12.8 Å². The monoisotopic (exact) mass is 271 g/mol. The Kier molecular flexibility index (Phi) is 5.32. The minimum absolute atomic E-state index is 0.242. The minimum Gasteiger partial charge on any atom is -0.481 e. The topological polar surface area (TPSA) is 104 Å². The Morgan fingerprint density at radius 2 is 1.58 bits per heavy atom. The lowest BCUT2D eigenvalue weighted by molar-refractivity contribution is -0.150. The highest BCUT2D eigenvalue weighted by Gasteiger charge is 2.37. The summed E-state index contributed by atoms with van der Waals surface area (Å²) in [5.74, 6) is -4.08. The molecule has 3 atom stereocenters. The summed E-state index contributed by atoms with van der Waals surface area (Å²) in [7, 11) is 0.